The first-order chi connectivity index (χ1) is 17.2. The standard InChI is InChI=1S/C26H29N5O5.ClH/c1-28(14-15-31-18-27-22-21(31)23(32)30(3)25(34)29(22)2)16-17-36-24(33)26(35,19-10-6-4-7-11-19)20-12-8-5-9-13-20;/h4-13,18,35H,14-17H2,1-3H3;1H. The number of ether oxygens (including phenoxy) is 1. The molecule has 4 aromatic rings. The van der Waals surface area contributed by atoms with Crippen molar-refractivity contribution in [3.63, 3.8) is 0 Å². The van der Waals surface area contributed by atoms with Gasteiger partial charge in [-0.15, -0.1) is 0 Å². The fourth-order valence-electron chi connectivity index (χ4n) is 4.19. The van der Waals surface area contributed by atoms with Gasteiger partial charge in [0, 0.05) is 14.1 Å². The molecule has 2 aromatic heterocycles. The maximum Gasteiger partial charge on any atom is 0.347 e. The Kier molecular flexibility index (Phi) is 8.69. The van der Waals surface area contributed by atoms with Crippen molar-refractivity contribution in [2.24, 2.45) is 14.1 Å². The molecule has 37 heavy (non-hydrogen) atoms. The average Bonchev–Trinajstić information content (AvgIpc) is 3.34. The number of rotatable bonds is 9. The molecule has 2 aromatic carbocycles. The van der Waals surface area contributed by atoms with Gasteiger partial charge in [-0.2, -0.15) is 0 Å². The van der Waals surface area contributed by atoms with Crippen LogP contribution in [0.5, 0.6) is 0 Å². The first-order valence-corrected chi connectivity index (χ1v) is 11.7. The molecule has 1 unspecified atom stereocenters. The lowest BCUT2D eigenvalue weighted by Gasteiger charge is -2.27. The molecule has 0 saturated carbocycles. The number of likely N-dealkylation sites (N-methyl/N-ethyl adjacent to an activating group) is 1. The third-order valence-corrected chi connectivity index (χ3v) is 6.44. The third kappa shape index (κ3) is 5.36. The fraction of sp³-hybridized carbons (Fsp3) is 0.308. The molecule has 0 saturated heterocycles. The van der Waals surface area contributed by atoms with E-state index in [0.29, 0.717) is 41.9 Å². The highest BCUT2D eigenvalue weighted by Crippen LogP contribution is 2.30. The summed E-state index contributed by atoms with van der Waals surface area (Å²) in [6.45, 7) is 1.71. The van der Waals surface area contributed by atoms with Crippen molar-refractivity contribution in [1.82, 2.24) is 18.7 Å². The van der Waals surface area contributed by atoms with Gasteiger partial charge in [-0.25, -0.2) is 14.6 Å². The number of carbonyl (C=O) groups excluding carboxylic acids is 1. The number of nitrogens with zero attached hydrogens (tertiary/aromatic N) is 4. The zero-order chi connectivity index (χ0) is 25.9. The summed E-state index contributed by atoms with van der Waals surface area (Å²) in [6.07, 6.45) is 1.55. The average molecular weight is 528 g/mol. The van der Waals surface area contributed by atoms with Crippen LogP contribution in [-0.4, -0.2) is 56.5 Å². The van der Waals surface area contributed by atoms with Crippen molar-refractivity contribution in [2.45, 2.75) is 12.1 Å². The highest BCUT2D eigenvalue weighted by molar-refractivity contribution is 5.85. The quantitative estimate of drug-likeness (QED) is 0.218. The van der Waals surface area contributed by atoms with Crippen LogP contribution in [0.15, 0.2) is 76.6 Å². The molecular formula is C26H30ClN5O5. The second kappa shape index (κ2) is 11.5. The number of carbonyl (C=O) groups is 1. The van der Waals surface area contributed by atoms with Gasteiger partial charge in [0.15, 0.2) is 11.2 Å². The first-order valence-electron chi connectivity index (χ1n) is 11.7. The van der Waals surface area contributed by atoms with Crippen LogP contribution in [0.4, 0.5) is 0 Å². The van der Waals surface area contributed by atoms with Crippen LogP contribution in [-0.2, 0) is 35.8 Å². The number of aliphatic hydroxyl groups is 1. The van der Waals surface area contributed by atoms with Crippen molar-refractivity contribution in [2.75, 3.05) is 26.7 Å². The summed E-state index contributed by atoms with van der Waals surface area (Å²) in [6, 6.07) is 17.5. The number of fused-ring (bicyclic) bond motifs is 1. The molecular weight excluding hydrogens is 498 g/mol. The topological polar surface area (TPSA) is 113 Å². The predicted molar refractivity (Wildman–Crippen MR) is 134 cm³/mol. The first kappa shape index (κ1) is 27.9. The Bertz CT molecular complexity index is 1440. The van der Waals surface area contributed by atoms with E-state index in [1.54, 1.807) is 66.5 Å². The number of nitrogens with one attached hydrogen (secondary N) is 1. The van der Waals surface area contributed by atoms with Crippen molar-refractivity contribution in [1.29, 1.82) is 0 Å². The number of hydrogen-bond acceptors (Lipinski definition) is 6. The Morgan fingerprint density at radius 3 is 2.11 bits per heavy atom. The van der Waals surface area contributed by atoms with E-state index in [9.17, 15) is 19.5 Å². The maximum atomic E-state index is 13.1. The summed E-state index contributed by atoms with van der Waals surface area (Å²) >= 11 is 0. The van der Waals surface area contributed by atoms with Gasteiger partial charge in [0.25, 0.3) is 5.56 Å². The van der Waals surface area contributed by atoms with Gasteiger partial charge in [-0.1, -0.05) is 60.7 Å². The second-order valence-electron chi connectivity index (χ2n) is 8.85. The summed E-state index contributed by atoms with van der Waals surface area (Å²) < 4.78 is 9.69. The zero-order valence-electron chi connectivity index (χ0n) is 20.9. The van der Waals surface area contributed by atoms with Gasteiger partial charge in [0.1, 0.15) is 13.2 Å². The Morgan fingerprint density at radius 1 is 0.973 bits per heavy atom. The van der Waals surface area contributed by atoms with E-state index < -0.39 is 22.8 Å². The molecule has 196 valence electrons. The van der Waals surface area contributed by atoms with Crippen molar-refractivity contribution in [3.05, 3.63) is 99.0 Å². The Hall–Kier alpha value is -3.73. The molecule has 0 spiro atoms. The minimum Gasteiger partial charge on any atom is -1.00 e. The van der Waals surface area contributed by atoms with Crippen LogP contribution in [0.25, 0.3) is 11.2 Å². The van der Waals surface area contributed by atoms with E-state index in [1.165, 1.54) is 11.6 Å². The predicted octanol–water partition coefficient (Wildman–Crippen LogP) is -3.57. The summed E-state index contributed by atoms with van der Waals surface area (Å²) in [5.41, 5.74) is -1.14. The van der Waals surface area contributed by atoms with Gasteiger partial charge < -0.3 is 31.7 Å². The third-order valence-electron chi connectivity index (χ3n) is 6.44. The maximum absolute atomic E-state index is 13.1. The summed E-state index contributed by atoms with van der Waals surface area (Å²) in [5.74, 6) is -0.738. The number of halogens is 1. The molecule has 0 amide bonds. The van der Waals surface area contributed by atoms with E-state index in [1.807, 2.05) is 19.2 Å². The number of benzene rings is 2. The molecule has 1 atom stereocenters. The van der Waals surface area contributed by atoms with Crippen LogP contribution in [0, 0.1) is 0 Å². The van der Waals surface area contributed by atoms with Crippen LogP contribution in [0.2, 0.25) is 0 Å². The SMILES string of the molecule is Cn1c(=O)c2c(ncn2CC[NH+](C)CCOC(=O)C(O)(c2ccccc2)c2ccccc2)n(C)c1=O.[Cl-]. The molecule has 0 radical (unpaired) electrons. The van der Waals surface area contributed by atoms with E-state index >= 15 is 0 Å². The smallest absolute Gasteiger partial charge is 0.347 e. The van der Waals surface area contributed by atoms with E-state index in [0.717, 1.165) is 9.47 Å². The number of quaternary nitrogens is 1. The van der Waals surface area contributed by atoms with Gasteiger partial charge in [0.2, 0.25) is 5.60 Å². The van der Waals surface area contributed by atoms with Gasteiger partial charge in [-0.05, 0) is 11.1 Å². The van der Waals surface area contributed by atoms with Crippen LogP contribution in [0.3, 0.4) is 0 Å². The Labute approximate surface area is 219 Å². The minimum atomic E-state index is -1.91. The van der Waals surface area contributed by atoms with Crippen LogP contribution in [0.1, 0.15) is 11.1 Å². The molecule has 0 aliphatic carbocycles. The lowest BCUT2D eigenvalue weighted by atomic mass is 9.86. The normalized spacial score (nSPS) is 12.2. The van der Waals surface area contributed by atoms with Crippen LogP contribution < -0.4 is 28.6 Å². The highest BCUT2D eigenvalue weighted by Gasteiger charge is 2.41. The molecule has 0 bridgehead atoms. The number of esters is 1. The largest absolute Gasteiger partial charge is 1.00 e. The summed E-state index contributed by atoms with van der Waals surface area (Å²) in [7, 11) is 4.97. The van der Waals surface area contributed by atoms with Crippen molar-refractivity contribution >= 4 is 17.1 Å². The zero-order valence-corrected chi connectivity index (χ0v) is 21.7. The molecule has 0 aliphatic rings. The Balaban J connectivity index is 0.00000380. The number of aromatic nitrogens is 4. The summed E-state index contributed by atoms with van der Waals surface area (Å²) in [5, 5.41) is 11.5. The number of hydrogen-bond donors (Lipinski definition) is 2. The minimum absolute atomic E-state index is 0. The van der Waals surface area contributed by atoms with E-state index in [-0.39, 0.29) is 19.0 Å². The molecule has 10 nitrogen and oxygen atoms in total. The van der Waals surface area contributed by atoms with Gasteiger partial charge >= 0.3 is 11.7 Å². The Morgan fingerprint density at radius 2 is 1.54 bits per heavy atom. The lowest BCUT2D eigenvalue weighted by Crippen LogP contribution is -3.09. The fourth-order valence-corrected chi connectivity index (χ4v) is 4.19. The molecule has 0 aliphatic heterocycles. The van der Waals surface area contributed by atoms with E-state index in [2.05, 4.69) is 4.98 Å². The second-order valence-corrected chi connectivity index (χ2v) is 8.85. The van der Waals surface area contributed by atoms with Gasteiger partial charge in [-0.3, -0.25) is 13.9 Å². The number of aryl methyl sites for hydroxylation is 1. The monoisotopic (exact) mass is 527 g/mol. The van der Waals surface area contributed by atoms with Crippen molar-refractivity contribution in [3.8, 4) is 0 Å². The molecule has 4 rings (SSSR count). The van der Waals surface area contributed by atoms with Crippen molar-refractivity contribution < 1.29 is 31.9 Å². The van der Waals surface area contributed by atoms with Crippen LogP contribution >= 0.6 is 0 Å². The number of imidazole rings is 1. The van der Waals surface area contributed by atoms with E-state index in [4.69, 9.17) is 4.74 Å². The lowest BCUT2D eigenvalue weighted by molar-refractivity contribution is -0.880. The summed E-state index contributed by atoms with van der Waals surface area (Å²) in [4.78, 5) is 43.1. The molecule has 11 heteroatoms. The van der Waals surface area contributed by atoms with Gasteiger partial charge in [0.05, 0.1) is 26.5 Å². The molecule has 2 N–H and O–H groups in total. The highest BCUT2D eigenvalue weighted by atomic mass is 35.5. The molecule has 0 fully saturated rings. The molecule has 2 heterocycles.